The predicted octanol–water partition coefficient (Wildman–Crippen LogP) is 1.98. The first-order valence-electron chi connectivity index (χ1n) is 2.15. The van der Waals surface area contributed by atoms with Crippen LogP contribution in [0.4, 0.5) is 0 Å². The summed E-state index contributed by atoms with van der Waals surface area (Å²) in [4.78, 5) is 0. The third-order valence-corrected chi connectivity index (χ3v) is 1.77. The number of aliphatic hydroxyl groups excluding tert-OH is 1. The maximum atomic E-state index is 8.68. The second kappa shape index (κ2) is 2.49. The second-order valence-electron chi connectivity index (χ2n) is 1.39. The van der Waals surface area contributed by atoms with Crippen molar-refractivity contribution in [2.45, 2.75) is 5.56 Å². The smallest absolute Gasteiger partial charge is 0.154 e. The van der Waals surface area contributed by atoms with Crippen LogP contribution < -0.4 is 0 Å². The van der Waals surface area contributed by atoms with Crippen LogP contribution in [0.1, 0.15) is 11.1 Å². The van der Waals surface area contributed by atoms with Gasteiger partial charge in [-0.3, -0.25) is 0 Å². The average Bonchev–Trinajstić information content (AvgIpc) is 2.12. The van der Waals surface area contributed by atoms with Crippen molar-refractivity contribution < 1.29 is 5.11 Å². The Morgan fingerprint density at radius 1 is 1.75 bits per heavy atom. The van der Waals surface area contributed by atoms with E-state index in [0.29, 0.717) is 0 Å². The SMILES string of the molecule is OC(Cl)c1ccsc1. The molecular weight excluding hydrogens is 144 g/mol. The molecule has 44 valence electrons. The molecule has 1 atom stereocenters. The minimum absolute atomic E-state index is 0.775. The summed E-state index contributed by atoms with van der Waals surface area (Å²) in [6, 6.07) is 1.79. The molecule has 0 aliphatic rings. The first-order chi connectivity index (χ1) is 3.80. The van der Waals surface area contributed by atoms with Crippen molar-refractivity contribution in [1.82, 2.24) is 0 Å². The van der Waals surface area contributed by atoms with Crippen LogP contribution in [0.25, 0.3) is 0 Å². The number of thiophene rings is 1. The number of halogens is 1. The quantitative estimate of drug-likeness (QED) is 0.604. The van der Waals surface area contributed by atoms with Gasteiger partial charge in [-0.15, -0.1) is 0 Å². The van der Waals surface area contributed by atoms with Gasteiger partial charge >= 0.3 is 0 Å². The lowest BCUT2D eigenvalue weighted by molar-refractivity contribution is 0.263. The van der Waals surface area contributed by atoms with E-state index in [-0.39, 0.29) is 0 Å². The maximum Gasteiger partial charge on any atom is 0.154 e. The van der Waals surface area contributed by atoms with Crippen molar-refractivity contribution in [2.75, 3.05) is 0 Å². The number of alkyl halides is 1. The molecule has 0 saturated carbocycles. The molecule has 0 radical (unpaired) electrons. The Labute approximate surface area is 56.5 Å². The molecule has 0 saturated heterocycles. The zero-order valence-corrected chi connectivity index (χ0v) is 5.62. The lowest BCUT2D eigenvalue weighted by atomic mass is 10.4. The highest BCUT2D eigenvalue weighted by Crippen LogP contribution is 2.18. The van der Waals surface area contributed by atoms with Crippen LogP contribution >= 0.6 is 22.9 Å². The van der Waals surface area contributed by atoms with Gasteiger partial charge in [-0.25, -0.2) is 0 Å². The Kier molecular flexibility index (Phi) is 1.89. The lowest BCUT2D eigenvalue weighted by Crippen LogP contribution is -1.80. The molecule has 0 fully saturated rings. The summed E-state index contributed by atoms with van der Waals surface area (Å²) in [5.74, 6) is 0. The maximum absolute atomic E-state index is 8.68. The molecule has 1 unspecified atom stereocenters. The summed E-state index contributed by atoms with van der Waals surface area (Å²) in [6.07, 6.45) is 0. The monoisotopic (exact) mass is 148 g/mol. The van der Waals surface area contributed by atoms with E-state index < -0.39 is 5.56 Å². The summed E-state index contributed by atoms with van der Waals surface area (Å²) < 4.78 is 0. The highest BCUT2D eigenvalue weighted by Gasteiger charge is 1.99. The van der Waals surface area contributed by atoms with Gasteiger partial charge in [0, 0.05) is 5.56 Å². The first-order valence-corrected chi connectivity index (χ1v) is 3.53. The number of hydrogen-bond donors (Lipinski definition) is 1. The standard InChI is InChI=1S/C5H5ClOS/c6-5(7)4-1-2-8-3-4/h1-3,5,7H. The zero-order valence-electron chi connectivity index (χ0n) is 4.04. The van der Waals surface area contributed by atoms with Crippen molar-refractivity contribution >= 4 is 22.9 Å². The van der Waals surface area contributed by atoms with E-state index in [1.807, 2.05) is 10.8 Å². The molecule has 1 heterocycles. The molecule has 8 heavy (non-hydrogen) atoms. The van der Waals surface area contributed by atoms with E-state index in [1.54, 1.807) is 6.07 Å². The highest BCUT2D eigenvalue weighted by molar-refractivity contribution is 7.08. The van der Waals surface area contributed by atoms with Crippen molar-refractivity contribution in [2.24, 2.45) is 0 Å². The molecule has 1 aromatic rings. The van der Waals surface area contributed by atoms with Crippen LogP contribution in [0.5, 0.6) is 0 Å². The van der Waals surface area contributed by atoms with Gasteiger partial charge in [0.15, 0.2) is 5.56 Å². The Bertz CT molecular complexity index is 147. The van der Waals surface area contributed by atoms with Crippen LogP contribution in [-0.2, 0) is 0 Å². The fourth-order valence-electron chi connectivity index (χ4n) is 0.411. The summed E-state index contributed by atoms with van der Waals surface area (Å²) in [7, 11) is 0. The highest BCUT2D eigenvalue weighted by atomic mass is 35.5. The van der Waals surface area contributed by atoms with E-state index in [1.165, 1.54) is 11.3 Å². The molecule has 1 N–H and O–H groups in total. The molecule has 0 aliphatic carbocycles. The fourth-order valence-corrected chi connectivity index (χ4v) is 1.30. The topological polar surface area (TPSA) is 20.2 Å². The van der Waals surface area contributed by atoms with Gasteiger partial charge in [0.25, 0.3) is 0 Å². The van der Waals surface area contributed by atoms with Gasteiger partial charge in [-0.05, 0) is 16.8 Å². The average molecular weight is 149 g/mol. The third-order valence-electron chi connectivity index (χ3n) is 0.818. The Balaban J connectivity index is 2.77. The number of aliphatic hydroxyl groups is 1. The van der Waals surface area contributed by atoms with E-state index in [9.17, 15) is 0 Å². The summed E-state index contributed by atoms with van der Waals surface area (Å²) >= 11 is 6.83. The zero-order chi connectivity index (χ0) is 5.98. The third kappa shape index (κ3) is 1.22. The fraction of sp³-hybridized carbons (Fsp3) is 0.200. The van der Waals surface area contributed by atoms with Crippen molar-refractivity contribution in [3.8, 4) is 0 Å². The number of rotatable bonds is 1. The second-order valence-corrected chi connectivity index (χ2v) is 2.59. The van der Waals surface area contributed by atoms with Crippen LogP contribution in [0.15, 0.2) is 16.8 Å². The van der Waals surface area contributed by atoms with Crippen LogP contribution in [0.2, 0.25) is 0 Å². The summed E-state index contributed by atoms with van der Waals surface area (Å²) in [6.45, 7) is 0. The summed E-state index contributed by atoms with van der Waals surface area (Å²) in [5.41, 5.74) is -0.0575. The molecule has 0 spiro atoms. The normalized spacial score (nSPS) is 13.8. The molecule has 1 aromatic heterocycles. The Morgan fingerprint density at radius 3 is 2.75 bits per heavy atom. The molecule has 3 heteroatoms. The Hall–Kier alpha value is -0.0500. The molecule has 1 rings (SSSR count). The Morgan fingerprint density at radius 2 is 2.50 bits per heavy atom. The van der Waals surface area contributed by atoms with Crippen molar-refractivity contribution in [3.05, 3.63) is 22.4 Å². The molecule has 0 amide bonds. The molecular formula is C5H5ClOS. The minimum atomic E-state index is -0.832. The van der Waals surface area contributed by atoms with Crippen molar-refractivity contribution in [3.63, 3.8) is 0 Å². The summed E-state index contributed by atoms with van der Waals surface area (Å²) in [5, 5.41) is 12.4. The predicted molar refractivity (Wildman–Crippen MR) is 35.1 cm³/mol. The molecule has 1 nitrogen and oxygen atoms in total. The largest absolute Gasteiger partial charge is 0.373 e. The van der Waals surface area contributed by atoms with E-state index in [0.717, 1.165) is 5.56 Å². The molecule has 0 aliphatic heterocycles. The van der Waals surface area contributed by atoms with Crippen LogP contribution in [0, 0.1) is 0 Å². The van der Waals surface area contributed by atoms with Gasteiger partial charge in [0.2, 0.25) is 0 Å². The van der Waals surface area contributed by atoms with Crippen LogP contribution in [-0.4, -0.2) is 5.11 Å². The molecule has 0 bridgehead atoms. The number of hydrogen-bond acceptors (Lipinski definition) is 2. The molecule has 0 aromatic carbocycles. The first kappa shape index (κ1) is 6.08. The van der Waals surface area contributed by atoms with Gasteiger partial charge in [0.05, 0.1) is 0 Å². The van der Waals surface area contributed by atoms with Gasteiger partial charge in [-0.1, -0.05) is 11.6 Å². The van der Waals surface area contributed by atoms with Gasteiger partial charge in [-0.2, -0.15) is 11.3 Å². The van der Waals surface area contributed by atoms with Crippen LogP contribution in [0.3, 0.4) is 0 Å². The van der Waals surface area contributed by atoms with E-state index >= 15 is 0 Å². The lowest BCUT2D eigenvalue weighted by Gasteiger charge is -1.92. The van der Waals surface area contributed by atoms with Gasteiger partial charge < -0.3 is 5.11 Å². The van der Waals surface area contributed by atoms with E-state index in [4.69, 9.17) is 16.7 Å². The van der Waals surface area contributed by atoms with E-state index in [2.05, 4.69) is 0 Å². The van der Waals surface area contributed by atoms with Crippen molar-refractivity contribution in [1.29, 1.82) is 0 Å². The van der Waals surface area contributed by atoms with Gasteiger partial charge in [0.1, 0.15) is 0 Å². The minimum Gasteiger partial charge on any atom is -0.373 e.